The summed E-state index contributed by atoms with van der Waals surface area (Å²) in [5.41, 5.74) is 8.61. The fourth-order valence-corrected chi connectivity index (χ4v) is 2.37. The fraction of sp³-hybridized carbons (Fsp3) is 0.308. The molecule has 0 amide bonds. The van der Waals surface area contributed by atoms with Crippen LogP contribution in [0.2, 0.25) is 0 Å². The number of carbonyl (C=O) groups excluding carboxylic acids is 1. The molecule has 2 N–H and O–H groups in total. The van der Waals surface area contributed by atoms with Crippen LogP contribution in [-0.4, -0.2) is 20.5 Å². The molecule has 2 aromatic heterocycles. The van der Waals surface area contributed by atoms with E-state index >= 15 is 0 Å². The van der Waals surface area contributed by atoms with Crippen molar-refractivity contribution in [2.75, 3.05) is 0 Å². The number of rotatable bonds is 4. The van der Waals surface area contributed by atoms with E-state index in [9.17, 15) is 4.79 Å². The highest BCUT2D eigenvalue weighted by Gasteiger charge is 2.15. The molecule has 2 rings (SSSR count). The molecule has 0 aliphatic rings. The SMILES string of the molecule is Cc1nn(C)c(CC(=O)c2ccnc(CN)c2)c1Br. The molecular formula is C13H15BrN4O. The highest BCUT2D eigenvalue weighted by atomic mass is 79.9. The van der Waals surface area contributed by atoms with Crippen molar-refractivity contribution in [3.8, 4) is 0 Å². The van der Waals surface area contributed by atoms with Crippen molar-refractivity contribution in [1.82, 2.24) is 14.8 Å². The van der Waals surface area contributed by atoms with Gasteiger partial charge in [-0.3, -0.25) is 14.5 Å². The summed E-state index contributed by atoms with van der Waals surface area (Å²) in [4.78, 5) is 16.3. The van der Waals surface area contributed by atoms with Crippen LogP contribution in [0.3, 0.4) is 0 Å². The van der Waals surface area contributed by atoms with Crippen LogP contribution in [0.1, 0.15) is 27.4 Å². The quantitative estimate of drug-likeness (QED) is 0.870. The lowest BCUT2D eigenvalue weighted by molar-refractivity contribution is 0.0990. The highest BCUT2D eigenvalue weighted by molar-refractivity contribution is 9.10. The Morgan fingerprint density at radius 3 is 2.84 bits per heavy atom. The van der Waals surface area contributed by atoms with Crippen molar-refractivity contribution in [2.24, 2.45) is 12.8 Å². The van der Waals surface area contributed by atoms with Crippen LogP contribution < -0.4 is 5.73 Å². The molecule has 100 valence electrons. The van der Waals surface area contributed by atoms with Gasteiger partial charge in [-0.25, -0.2) is 0 Å². The van der Waals surface area contributed by atoms with Gasteiger partial charge in [-0.2, -0.15) is 5.10 Å². The fourth-order valence-electron chi connectivity index (χ4n) is 1.89. The number of carbonyl (C=O) groups is 1. The van der Waals surface area contributed by atoms with Crippen LogP contribution >= 0.6 is 15.9 Å². The summed E-state index contributed by atoms with van der Waals surface area (Å²) in [5.74, 6) is 0.0285. The van der Waals surface area contributed by atoms with Gasteiger partial charge in [-0.05, 0) is 35.0 Å². The Morgan fingerprint density at radius 2 is 2.26 bits per heavy atom. The molecule has 19 heavy (non-hydrogen) atoms. The van der Waals surface area contributed by atoms with E-state index in [-0.39, 0.29) is 5.78 Å². The van der Waals surface area contributed by atoms with Gasteiger partial charge in [0.2, 0.25) is 0 Å². The first-order chi connectivity index (χ1) is 9.02. The third-order valence-electron chi connectivity index (χ3n) is 2.94. The predicted octanol–water partition coefficient (Wildman–Crippen LogP) is 1.77. The lowest BCUT2D eigenvalue weighted by Gasteiger charge is -2.04. The minimum atomic E-state index is 0.0285. The van der Waals surface area contributed by atoms with Gasteiger partial charge in [0.05, 0.1) is 28.0 Å². The summed E-state index contributed by atoms with van der Waals surface area (Å²) in [6.45, 7) is 2.23. The molecule has 5 nitrogen and oxygen atoms in total. The largest absolute Gasteiger partial charge is 0.325 e. The number of pyridine rings is 1. The number of Topliss-reactive ketones (excluding diaryl/α,β-unsaturated/α-hetero) is 1. The van der Waals surface area contributed by atoms with E-state index in [1.54, 1.807) is 23.0 Å². The van der Waals surface area contributed by atoms with E-state index in [4.69, 9.17) is 5.73 Å². The molecule has 0 aliphatic carbocycles. The maximum absolute atomic E-state index is 12.3. The van der Waals surface area contributed by atoms with Gasteiger partial charge < -0.3 is 5.73 Å². The first-order valence-corrected chi connectivity index (χ1v) is 6.68. The van der Waals surface area contributed by atoms with Gasteiger partial charge in [-0.1, -0.05) is 0 Å². The standard InChI is InChI=1S/C13H15BrN4O/c1-8-13(14)11(18(2)17-8)6-12(19)9-3-4-16-10(5-9)7-15/h3-5H,6-7,15H2,1-2H3. The van der Waals surface area contributed by atoms with Gasteiger partial charge in [0.25, 0.3) is 0 Å². The molecule has 0 saturated carbocycles. The Balaban J connectivity index is 2.25. The molecule has 0 fully saturated rings. The zero-order valence-corrected chi connectivity index (χ0v) is 12.4. The van der Waals surface area contributed by atoms with E-state index in [1.807, 2.05) is 14.0 Å². The minimum absolute atomic E-state index is 0.0285. The Hall–Kier alpha value is -1.53. The van der Waals surface area contributed by atoms with Crippen LogP contribution in [0.15, 0.2) is 22.8 Å². The maximum atomic E-state index is 12.3. The smallest absolute Gasteiger partial charge is 0.168 e. The van der Waals surface area contributed by atoms with Crippen molar-refractivity contribution in [1.29, 1.82) is 0 Å². The number of aryl methyl sites for hydroxylation is 2. The van der Waals surface area contributed by atoms with E-state index in [2.05, 4.69) is 26.0 Å². The second-order valence-corrected chi connectivity index (χ2v) is 5.10. The number of aromatic nitrogens is 3. The third kappa shape index (κ3) is 2.90. The Morgan fingerprint density at radius 1 is 1.53 bits per heavy atom. The molecule has 0 radical (unpaired) electrons. The first kappa shape index (κ1) is 13.9. The molecule has 0 atom stereocenters. The monoisotopic (exact) mass is 322 g/mol. The Kier molecular flexibility index (Phi) is 4.11. The van der Waals surface area contributed by atoms with Crippen LogP contribution in [0.5, 0.6) is 0 Å². The molecule has 0 bridgehead atoms. The van der Waals surface area contributed by atoms with Gasteiger partial charge in [-0.15, -0.1) is 0 Å². The number of halogens is 1. The van der Waals surface area contributed by atoms with Crippen molar-refractivity contribution < 1.29 is 4.79 Å². The average Bonchev–Trinajstić information content (AvgIpc) is 2.65. The minimum Gasteiger partial charge on any atom is -0.325 e. The zero-order chi connectivity index (χ0) is 14.0. The molecule has 0 saturated heterocycles. The van der Waals surface area contributed by atoms with Crippen LogP contribution in [0.4, 0.5) is 0 Å². The number of nitrogens with zero attached hydrogens (tertiary/aromatic N) is 3. The van der Waals surface area contributed by atoms with E-state index in [0.717, 1.165) is 15.9 Å². The van der Waals surface area contributed by atoms with Gasteiger partial charge in [0, 0.05) is 25.4 Å². The molecule has 0 unspecified atom stereocenters. The van der Waals surface area contributed by atoms with Crippen molar-refractivity contribution in [3.63, 3.8) is 0 Å². The van der Waals surface area contributed by atoms with E-state index in [0.29, 0.717) is 24.2 Å². The van der Waals surface area contributed by atoms with Crippen molar-refractivity contribution in [2.45, 2.75) is 19.9 Å². The second kappa shape index (κ2) is 5.63. The topological polar surface area (TPSA) is 73.8 Å². The molecular weight excluding hydrogens is 308 g/mol. The summed E-state index contributed by atoms with van der Waals surface area (Å²) in [7, 11) is 1.83. The van der Waals surface area contributed by atoms with E-state index in [1.165, 1.54) is 0 Å². The number of ketones is 1. The van der Waals surface area contributed by atoms with Crippen LogP contribution in [0, 0.1) is 6.92 Å². The number of nitrogens with two attached hydrogens (primary N) is 1. The van der Waals surface area contributed by atoms with Crippen LogP contribution in [-0.2, 0) is 20.0 Å². The summed E-state index contributed by atoms with van der Waals surface area (Å²) in [6.07, 6.45) is 1.91. The number of hydrogen-bond donors (Lipinski definition) is 1. The Bertz CT molecular complexity index is 621. The molecule has 0 aromatic carbocycles. The van der Waals surface area contributed by atoms with Crippen molar-refractivity contribution >= 4 is 21.7 Å². The molecule has 2 heterocycles. The van der Waals surface area contributed by atoms with Gasteiger partial charge in [0.1, 0.15) is 0 Å². The third-order valence-corrected chi connectivity index (χ3v) is 3.97. The summed E-state index contributed by atoms with van der Waals surface area (Å²) >= 11 is 3.46. The van der Waals surface area contributed by atoms with Gasteiger partial charge in [0.15, 0.2) is 5.78 Å². The average molecular weight is 323 g/mol. The normalized spacial score (nSPS) is 10.7. The molecule has 0 spiro atoms. The molecule has 2 aromatic rings. The van der Waals surface area contributed by atoms with Gasteiger partial charge >= 0.3 is 0 Å². The predicted molar refractivity (Wildman–Crippen MR) is 75.8 cm³/mol. The summed E-state index contributed by atoms with van der Waals surface area (Å²) in [6, 6.07) is 3.44. The zero-order valence-electron chi connectivity index (χ0n) is 10.9. The number of hydrogen-bond acceptors (Lipinski definition) is 4. The first-order valence-electron chi connectivity index (χ1n) is 5.89. The maximum Gasteiger partial charge on any atom is 0.168 e. The lowest BCUT2D eigenvalue weighted by Crippen LogP contribution is -2.10. The second-order valence-electron chi connectivity index (χ2n) is 4.31. The summed E-state index contributed by atoms with van der Waals surface area (Å²) in [5, 5.41) is 4.28. The highest BCUT2D eigenvalue weighted by Crippen LogP contribution is 2.21. The molecule has 0 aliphatic heterocycles. The summed E-state index contributed by atoms with van der Waals surface area (Å²) < 4.78 is 2.61. The molecule has 6 heteroatoms. The lowest BCUT2D eigenvalue weighted by atomic mass is 10.1. The van der Waals surface area contributed by atoms with E-state index < -0.39 is 0 Å². The Labute approximate surface area is 120 Å². The van der Waals surface area contributed by atoms with Crippen LogP contribution in [0.25, 0.3) is 0 Å². The van der Waals surface area contributed by atoms with Crippen molar-refractivity contribution in [3.05, 3.63) is 45.4 Å².